The predicted molar refractivity (Wildman–Crippen MR) is 110 cm³/mol. The smallest absolute Gasteiger partial charge is 0.153 e. The average Bonchev–Trinajstić information content (AvgIpc) is 2.69. The van der Waals surface area contributed by atoms with E-state index in [0.29, 0.717) is 5.92 Å². The van der Waals surface area contributed by atoms with E-state index >= 15 is 0 Å². The summed E-state index contributed by atoms with van der Waals surface area (Å²) in [6, 6.07) is 23.5. The zero-order valence-electron chi connectivity index (χ0n) is 16.5. The fourth-order valence-corrected chi connectivity index (χ4v) is 4.38. The van der Waals surface area contributed by atoms with Crippen molar-refractivity contribution in [3.05, 3.63) is 77.4 Å². The minimum Gasteiger partial charge on any atom is -0.197 e. The fraction of sp³-hybridized carbons (Fsp3) is 0.360. The monoisotopic (exact) mass is 354 g/mol. The molecule has 0 aliphatic heterocycles. The lowest BCUT2D eigenvalue weighted by molar-refractivity contribution is 0.220. The van der Waals surface area contributed by atoms with Gasteiger partial charge in [0.15, 0.2) is 5.41 Å². The van der Waals surface area contributed by atoms with Gasteiger partial charge in [-0.1, -0.05) is 88.4 Å². The topological polar surface area (TPSA) is 47.6 Å². The van der Waals surface area contributed by atoms with Crippen molar-refractivity contribution in [2.45, 2.75) is 33.6 Å². The van der Waals surface area contributed by atoms with Crippen molar-refractivity contribution < 1.29 is 0 Å². The lowest BCUT2D eigenvalue weighted by Gasteiger charge is -2.42. The molecule has 0 bridgehead atoms. The molecular formula is C25H26N2. The summed E-state index contributed by atoms with van der Waals surface area (Å²) in [7, 11) is 0. The number of hydrogen-bond donors (Lipinski definition) is 0. The standard InChI is InChI=1S/C25H26N2/c1-17(2)22-14-23(19-10-6-5-7-11-19)20-12-8-9-13-21(20)24(22)25(15-26,16-27)18(3)4/h5-14,17-18,22,24H,1-4H3. The molecule has 0 amide bonds. The zero-order chi connectivity index (χ0) is 19.6. The van der Waals surface area contributed by atoms with Gasteiger partial charge in [0.05, 0.1) is 12.1 Å². The van der Waals surface area contributed by atoms with E-state index in [4.69, 9.17) is 0 Å². The van der Waals surface area contributed by atoms with E-state index in [0.717, 1.165) is 11.1 Å². The van der Waals surface area contributed by atoms with Gasteiger partial charge in [0.2, 0.25) is 0 Å². The third-order valence-electron chi connectivity index (χ3n) is 5.96. The number of rotatable bonds is 4. The third-order valence-corrected chi connectivity index (χ3v) is 5.96. The van der Waals surface area contributed by atoms with E-state index in [9.17, 15) is 10.5 Å². The molecule has 136 valence electrons. The highest BCUT2D eigenvalue weighted by Gasteiger charge is 2.49. The molecule has 1 aliphatic rings. The Labute approximate surface area is 162 Å². The summed E-state index contributed by atoms with van der Waals surface area (Å²) in [4.78, 5) is 0. The number of nitrogens with zero attached hydrogens (tertiary/aromatic N) is 2. The molecule has 0 N–H and O–H groups in total. The van der Waals surface area contributed by atoms with Crippen molar-refractivity contribution in [2.24, 2.45) is 23.2 Å². The molecule has 0 fully saturated rings. The number of benzene rings is 2. The lowest BCUT2D eigenvalue weighted by Crippen LogP contribution is -2.39. The first-order valence-corrected chi connectivity index (χ1v) is 9.65. The van der Waals surface area contributed by atoms with Gasteiger partial charge in [0.1, 0.15) is 0 Å². The molecule has 0 heterocycles. The summed E-state index contributed by atoms with van der Waals surface area (Å²) in [5.41, 5.74) is 3.59. The van der Waals surface area contributed by atoms with Crippen LogP contribution in [0.2, 0.25) is 0 Å². The Kier molecular flexibility index (Phi) is 5.20. The Hall–Kier alpha value is -2.84. The average molecular weight is 354 g/mol. The second kappa shape index (κ2) is 7.42. The number of fused-ring (bicyclic) bond motifs is 1. The van der Waals surface area contributed by atoms with Crippen molar-refractivity contribution >= 4 is 5.57 Å². The van der Waals surface area contributed by atoms with Crippen LogP contribution in [0.25, 0.3) is 5.57 Å². The maximum absolute atomic E-state index is 10.1. The van der Waals surface area contributed by atoms with E-state index in [1.807, 2.05) is 32.0 Å². The molecule has 2 atom stereocenters. The fourth-order valence-electron chi connectivity index (χ4n) is 4.38. The molecule has 1 aliphatic carbocycles. The Balaban J connectivity index is 2.31. The maximum atomic E-state index is 10.1. The van der Waals surface area contributed by atoms with Crippen molar-refractivity contribution in [2.75, 3.05) is 0 Å². The number of nitriles is 2. The van der Waals surface area contributed by atoms with E-state index < -0.39 is 5.41 Å². The van der Waals surface area contributed by atoms with Gasteiger partial charge < -0.3 is 0 Å². The Morgan fingerprint density at radius 3 is 2.00 bits per heavy atom. The van der Waals surface area contributed by atoms with Crippen LogP contribution >= 0.6 is 0 Å². The van der Waals surface area contributed by atoms with Crippen molar-refractivity contribution in [3.8, 4) is 12.1 Å². The molecule has 2 heteroatoms. The van der Waals surface area contributed by atoms with Gasteiger partial charge in [-0.3, -0.25) is 0 Å². The summed E-state index contributed by atoms with van der Waals surface area (Å²) < 4.78 is 0. The predicted octanol–water partition coefficient (Wildman–Crippen LogP) is 6.18. The molecule has 0 radical (unpaired) electrons. The molecule has 0 spiro atoms. The zero-order valence-corrected chi connectivity index (χ0v) is 16.5. The van der Waals surface area contributed by atoms with Crippen LogP contribution in [0.15, 0.2) is 60.7 Å². The number of hydrogen-bond acceptors (Lipinski definition) is 2. The summed E-state index contributed by atoms with van der Waals surface area (Å²) in [6.45, 7) is 8.35. The van der Waals surface area contributed by atoms with Gasteiger partial charge in [-0.15, -0.1) is 0 Å². The van der Waals surface area contributed by atoms with Crippen LogP contribution in [-0.4, -0.2) is 0 Å². The van der Waals surface area contributed by atoms with Crippen molar-refractivity contribution in [1.82, 2.24) is 0 Å². The molecule has 2 aromatic rings. The first-order chi connectivity index (χ1) is 13.0. The third kappa shape index (κ3) is 3.07. The highest BCUT2D eigenvalue weighted by atomic mass is 14.5. The molecule has 3 rings (SSSR count). The normalized spacial score (nSPS) is 19.2. The second-order valence-electron chi connectivity index (χ2n) is 8.08. The molecule has 2 nitrogen and oxygen atoms in total. The second-order valence-corrected chi connectivity index (χ2v) is 8.08. The molecule has 0 saturated carbocycles. The molecule has 27 heavy (non-hydrogen) atoms. The van der Waals surface area contributed by atoms with Crippen molar-refractivity contribution in [3.63, 3.8) is 0 Å². The van der Waals surface area contributed by atoms with E-state index in [1.54, 1.807) is 0 Å². The van der Waals surface area contributed by atoms with E-state index in [-0.39, 0.29) is 17.8 Å². The largest absolute Gasteiger partial charge is 0.197 e. The van der Waals surface area contributed by atoms with Crippen LogP contribution in [0.4, 0.5) is 0 Å². The molecule has 0 aromatic heterocycles. The Morgan fingerprint density at radius 1 is 0.852 bits per heavy atom. The van der Waals surface area contributed by atoms with Gasteiger partial charge in [-0.05, 0) is 40.0 Å². The van der Waals surface area contributed by atoms with Gasteiger partial charge in [0, 0.05) is 5.92 Å². The van der Waals surface area contributed by atoms with Gasteiger partial charge in [0.25, 0.3) is 0 Å². The first-order valence-electron chi connectivity index (χ1n) is 9.65. The highest BCUT2D eigenvalue weighted by Crippen LogP contribution is 2.53. The van der Waals surface area contributed by atoms with Crippen LogP contribution < -0.4 is 0 Å². The highest BCUT2D eigenvalue weighted by molar-refractivity contribution is 5.83. The molecule has 0 saturated heterocycles. The lowest BCUT2D eigenvalue weighted by atomic mass is 9.57. The van der Waals surface area contributed by atoms with E-state index in [2.05, 4.69) is 68.5 Å². The minimum absolute atomic E-state index is 0.0570. The van der Waals surface area contributed by atoms with E-state index in [1.165, 1.54) is 11.1 Å². The summed E-state index contributed by atoms with van der Waals surface area (Å²) in [5.74, 6) is 0.244. The Morgan fingerprint density at radius 2 is 1.44 bits per heavy atom. The van der Waals surface area contributed by atoms with Crippen LogP contribution in [-0.2, 0) is 0 Å². The van der Waals surface area contributed by atoms with Gasteiger partial charge in [-0.2, -0.15) is 10.5 Å². The van der Waals surface area contributed by atoms with Gasteiger partial charge >= 0.3 is 0 Å². The minimum atomic E-state index is -1.05. The molecule has 2 aromatic carbocycles. The molecular weight excluding hydrogens is 328 g/mol. The van der Waals surface area contributed by atoms with Crippen LogP contribution in [0, 0.1) is 45.8 Å². The van der Waals surface area contributed by atoms with Crippen LogP contribution in [0.5, 0.6) is 0 Å². The summed E-state index contributed by atoms with van der Waals surface area (Å²) >= 11 is 0. The summed E-state index contributed by atoms with van der Waals surface area (Å²) in [5, 5.41) is 20.2. The SMILES string of the molecule is CC(C)C1C=C(c2ccccc2)c2ccccc2C1C(C#N)(C#N)C(C)C. The first kappa shape index (κ1) is 18.9. The Bertz CT molecular complexity index is 909. The van der Waals surface area contributed by atoms with Crippen LogP contribution in [0.1, 0.15) is 50.3 Å². The molecule has 2 unspecified atom stereocenters. The number of allylic oxidation sites excluding steroid dienone is 1. The van der Waals surface area contributed by atoms with Gasteiger partial charge in [-0.25, -0.2) is 0 Å². The van der Waals surface area contributed by atoms with Crippen molar-refractivity contribution in [1.29, 1.82) is 10.5 Å². The maximum Gasteiger partial charge on any atom is 0.153 e. The van der Waals surface area contributed by atoms with Crippen LogP contribution in [0.3, 0.4) is 0 Å². The summed E-state index contributed by atoms with van der Waals surface area (Å²) in [6.07, 6.45) is 2.30. The quantitative estimate of drug-likeness (QED) is 0.658.